The van der Waals surface area contributed by atoms with Crippen LogP contribution in [0.25, 0.3) is 11.3 Å². The highest BCUT2D eigenvalue weighted by atomic mass is 16.5. The SMILES string of the molecule is COc1ccc(-c2cn([C@@H]3CC[C@H]4[C@@H]5CCc6cc(OCc7ccccc7)ccc6[C@H]5CC[C@@]43C)nn2)cc1. The van der Waals surface area contributed by atoms with Crippen molar-refractivity contribution in [2.24, 2.45) is 17.3 Å². The van der Waals surface area contributed by atoms with Gasteiger partial charge in [0.1, 0.15) is 23.8 Å². The van der Waals surface area contributed by atoms with E-state index in [1.165, 1.54) is 43.2 Å². The summed E-state index contributed by atoms with van der Waals surface area (Å²) >= 11 is 0. The Morgan fingerprint density at radius 1 is 0.923 bits per heavy atom. The van der Waals surface area contributed by atoms with Crippen molar-refractivity contribution >= 4 is 0 Å². The molecule has 5 heteroatoms. The van der Waals surface area contributed by atoms with Gasteiger partial charge in [-0.25, -0.2) is 4.68 Å². The Labute approximate surface area is 231 Å². The van der Waals surface area contributed by atoms with Crippen molar-refractivity contribution < 1.29 is 9.47 Å². The maximum absolute atomic E-state index is 6.17. The second-order valence-corrected chi connectivity index (χ2v) is 12.0. The zero-order valence-corrected chi connectivity index (χ0v) is 22.9. The van der Waals surface area contributed by atoms with Gasteiger partial charge < -0.3 is 9.47 Å². The summed E-state index contributed by atoms with van der Waals surface area (Å²) in [6.07, 6.45) is 9.57. The minimum absolute atomic E-state index is 0.266. The normalized spacial score (nSPS) is 27.3. The number of benzene rings is 3. The van der Waals surface area contributed by atoms with Crippen LogP contribution >= 0.6 is 0 Å². The first kappa shape index (κ1) is 24.4. The van der Waals surface area contributed by atoms with E-state index in [1.807, 2.05) is 18.2 Å². The highest BCUT2D eigenvalue weighted by Gasteiger charge is 2.55. The fourth-order valence-electron chi connectivity index (χ4n) is 8.12. The molecule has 0 saturated heterocycles. The van der Waals surface area contributed by atoms with Crippen LogP contribution in [0.5, 0.6) is 11.5 Å². The quantitative estimate of drug-likeness (QED) is 0.263. The lowest BCUT2D eigenvalue weighted by atomic mass is 9.55. The van der Waals surface area contributed by atoms with E-state index in [4.69, 9.17) is 9.47 Å². The molecule has 0 aliphatic heterocycles. The first-order valence-electron chi connectivity index (χ1n) is 14.5. The predicted molar refractivity (Wildman–Crippen MR) is 153 cm³/mol. The molecule has 0 unspecified atom stereocenters. The third-order valence-corrected chi connectivity index (χ3v) is 10.1. The lowest BCUT2D eigenvalue weighted by Gasteiger charge is -2.50. The number of ether oxygens (including phenoxy) is 2. The summed E-state index contributed by atoms with van der Waals surface area (Å²) < 4.78 is 13.7. The van der Waals surface area contributed by atoms with Gasteiger partial charge in [-0.3, -0.25) is 0 Å². The van der Waals surface area contributed by atoms with Crippen LogP contribution in [0.1, 0.15) is 67.7 Å². The van der Waals surface area contributed by atoms with Crippen molar-refractivity contribution in [3.05, 3.63) is 95.7 Å². The van der Waals surface area contributed by atoms with E-state index in [1.54, 1.807) is 12.7 Å². The van der Waals surface area contributed by atoms with Crippen LogP contribution in [0.3, 0.4) is 0 Å². The van der Waals surface area contributed by atoms with Crippen molar-refractivity contribution in [2.75, 3.05) is 7.11 Å². The Morgan fingerprint density at radius 2 is 1.74 bits per heavy atom. The minimum Gasteiger partial charge on any atom is -0.497 e. The molecule has 39 heavy (non-hydrogen) atoms. The molecule has 2 fully saturated rings. The van der Waals surface area contributed by atoms with E-state index in [2.05, 4.69) is 82.7 Å². The van der Waals surface area contributed by atoms with E-state index in [-0.39, 0.29) is 5.41 Å². The van der Waals surface area contributed by atoms with Crippen molar-refractivity contribution in [3.63, 3.8) is 0 Å². The van der Waals surface area contributed by atoms with Crippen LogP contribution in [-0.2, 0) is 13.0 Å². The number of hydrogen-bond donors (Lipinski definition) is 0. The van der Waals surface area contributed by atoms with Crippen molar-refractivity contribution in [2.45, 2.75) is 64.0 Å². The molecule has 200 valence electrons. The molecule has 2 saturated carbocycles. The fraction of sp³-hybridized carbons (Fsp3) is 0.412. The number of aryl methyl sites for hydroxylation is 1. The molecule has 3 aromatic carbocycles. The van der Waals surface area contributed by atoms with Gasteiger partial charge in [0, 0.05) is 5.56 Å². The van der Waals surface area contributed by atoms with Gasteiger partial charge in [-0.15, -0.1) is 5.10 Å². The van der Waals surface area contributed by atoms with Gasteiger partial charge in [-0.05, 0) is 115 Å². The van der Waals surface area contributed by atoms with Crippen molar-refractivity contribution in [1.29, 1.82) is 0 Å². The molecule has 4 aromatic rings. The maximum Gasteiger partial charge on any atom is 0.120 e. The smallest absolute Gasteiger partial charge is 0.120 e. The van der Waals surface area contributed by atoms with Gasteiger partial charge >= 0.3 is 0 Å². The Bertz CT molecular complexity index is 1450. The lowest BCUT2D eigenvalue weighted by Crippen LogP contribution is -2.42. The molecular formula is C34H37N3O2. The summed E-state index contributed by atoms with van der Waals surface area (Å²) in [6.45, 7) is 3.16. The summed E-state index contributed by atoms with van der Waals surface area (Å²) in [5.74, 6) is 4.01. The molecular weight excluding hydrogens is 482 g/mol. The molecule has 5 atom stereocenters. The average Bonchev–Trinajstić information content (AvgIpc) is 3.61. The molecule has 5 nitrogen and oxygen atoms in total. The minimum atomic E-state index is 0.266. The number of nitrogens with zero attached hydrogens (tertiary/aromatic N) is 3. The van der Waals surface area contributed by atoms with Gasteiger partial charge in [-0.2, -0.15) is 0 Å². The molecule has 1 heterocycles. The van der Waals surface area contributed by atoms with E-state index < -0.39 is 0 Å². The fourth-order valence-corrected chi connectivity index (χ4v) is 8.12. The largest absolute Gasteiger partial charge is 0.497 e. The number of methoxy groups -OCH3 is 1. The number of fused-ring (bicyclic) bond motifs is 5. The van der Waals surface area contributed by atoms with Crippen LogP contribution in [-0.4, -0.2) is 22.1 Å². The second kappa shape index (κ2) is 9.86. The number of rotatable bonds is 6. The summed E-state index contributed by atoms with van der Waals surface area (Å²) in [4.78, 5) is 0. The zero-order valence-electron chi connectivity index (χ0n) is 22.9. The Balaban J connectivity index is 1.07. The van der Waals surface area contributed by atoms with E-state index in [9.17, 15) is 0 Å². The Morgan fingerprint density at radius 3 is 2.56 bits per heavy atom. The van der Waals surface area contributed by atoms with Gasteiger partial charge in [0.15, 0.2) is 0 Å². The monoisotopic (exact) mass is 519 g/mol. The molecule has 0 spiro atoms. The Kier molecular flexibility index (Phi) is 6.18. The standard InChI is InChI=1S/C34H37N3O2/c1-34-19-18-29-28-15-13-27(39-22-23-6-4-3-5-7-23)20-25(28)10-14-30(29)31(34)16-17-33(34)37-21-32(35-36-37)24-8-11-26(38-2)12-9-24/h3-9,11-13,15,20-21,29-31,33H,10,14,16-19,22H2,1-2H3/t29-,30-,31+,33-,34+/m1/s1. The van der Waals surface area contributed by atoms with Crippen molar-refractivity contribution in [3.8, 4) is 22.8 Å². The first-order chi connectivity index (χ1) is 19.1. The molecule has 3 aliphatic carbocycles. The molecule has 0 bridgehead atoms. The third-order valence-electron chi connectivity index (χ3n) is 10.1. The molecule has 0 radical (unpaired) electrons. The Hall–Kier alpha value is -3.60. The topological polar surface area (TPSA) is 49.2 Å². The van der Waals surface area contributed by atoms with E-state index >= 15 is 0 Å². The highest BCUT2D eigenvalue weighted by Crippen LogP contribution is 2.64. The molecule has 7 rings (SSSR count). The van der Waals surface area contributed by atoms with E-state index in [0.717, 1.165) is 41.0 Å². The van der Waals surface area contributed by atoms with E-state index in [0.29, 0.717) is 18.6 Å². The van der Waals surface area contributed by atoms with Crippen LogP contribution in [0.15, 0.2) is 79.0 Å². The average molecular weight is 520 g/mol. The molecule has 3 aliphatic rings. The van der Waals surface area contributed by atoms with Gasteiger partial charge in [0.25, 0.3) is 0 Å². The van der Waals surface area contributed by atoms with Gasteiger partial charge in [0.05, 0.1) is 19.3 Å². The number of aromatic nitrogens is 3. The zero-order chi connectivity index (χ0) is 26.4. The number of hydrogen-bond acceptors (Lipinski definition) is 4. The molecule has 0 N–H and O–H groups in total. The summed E-state index contributed by atoms with van der Waals surface area (Å²) in [6, 6.07) is 25.8. The predicted octanol–water partition coefficient (Wildman–Crippen LogP) is 7.63. The molecule has 0 amide bonds. The van der Waals surface area contributed by atoms with Crippen LogP contribution < -0.4 is 9.47 Å². The van der Waals surface area contributed by atoms with Crippen LogP contribution in [0, 0.1) is 17.3 Å². The van der Waals surface area contributed by atoms with Crippen LogP contribution in [0.4, 0.5) is 0 Å². The maximum atomic E-state index is 6.17. The summed E-state index contributed by atoms with van der Waals surface area (Å²) in [5, 5.41) is 9.23. The lowest BCUT2D eigenvalue weighted by molar-refractivity contribution is 0.0284. The summed E-state index contributed by atoms with van der Waals surface area (Å²) in [7, 11) is 1.70. The second-order valence-electron chi connectivity index (χ2n) is 12.0. The third kappa shape index (κ3) is 4.32. The van der Waals surface area contributed by atoms with Crippen molar-refractivity contribution in [1.82, 2.24) is 15.0 Å². The summed E-state index contributed by atoms with van der Waals surface area (Å²) in [5.41, 5.74) is 6.58. The highest BCUT2D eigenvalue weighted by molar-refractivity contribution is 5.58. The molecule has 1 aromatic heterocycles. The van der Waals surface area contributed by atoms with Crippen LogP contribution in [0.2, 0.25) is 0 Å². The van der Waals surface area contributed by atoms with Gasteiger partial charge in [-0.1, -0.05) is 48.5 Å². The first-order valence-corrected chi connectivity index (χ1v) is 14.5. The van der Waals surface area contributed by atoms with Gasteiger partial charge in [0.2, 0.25) is 0 Å².